The van der Waals surface area contributed by atoms with E-state index in [-0.39, 0.29) is 11.9 Å². The molecule has 21 heavy (non-hydrogen) atoms. The summed E-state index contributed by atoms with van der Waals surface area (Å²) in [4.78, 5) is 16.8. The maximum absolute atomic E-state index is 12.2. The number of hydrogen-bond donors (Lipinski definition) is 0. The third kappa shape index (κ3) is 1.96. The number of aliphatic imine (C=N–C) groups is 1. The number of nitrogens with zero attached hydrogens (tertiary/aromatic N) is 1. The highest BCUT2D eigenvalue weighted by Crippen LogP contribution is 2.57. The minimum absolute atomic E-state index is 0.0866. The number of cyclic esters (lactones) is 1. The van der Waals surface area contributed by atoms with E-state index in [2.05, 4.69) is 4.99 Å². The molecule has 0 amide bonds. The van der Waals surface area contributed by atoms with E-state index in [1.54, 1.807) is 0 Å². The molecule has 1 aliphatic heterocycles. The number of hydrogen-bond acceptors (Lipinski definition) is 3. The van der Waals surface area contributed by atoms with Crippen molar-refractivity contribution in [3.63, 3.8) is 0 Å². The normalized spacial score (nSPS) is 26.6. The largest absolute Gasteiger partial charge is 0.405 e. The van der Waals surface area contributed by atoms with Gasteiger partial charge in [-0.3, -0.25) is 0 Å². The Hall–Kier alpha value is -2.13. The SMILES string of the molecule is O=C1OC(c2ccccc2)=N[C@@]12C[C@H]2c1ccc(Cl)cc1. The minimum Gasteiger partial charge on any atom is -0.405 e. The highest BCUT2D eigenvalue weighted by atomic mass is 35.5. The van der Waals surface area contributed by atoms with Gasteiger partial charge in [0.15, 0.2) is 5.54 Å². The predicted octanol–water partition coefficient (Wildman–Crippen LogP) is 3.57. The molecule has 2 aromatic carbocycles. The first kappa shape index (κ1) is 12.6. The van der Waals surface area contributed by atoms with Crippen LogP contribution in [-0.2, 0) is 9.53 Å². The maximum atomic E-state index is 12.2. The first-order valence-electron chi connectivity index (χ1n) is 6.82. The van der Waals surface area contributed by atoms with Gasteiger partial charge in [-0.05, 0) is 36.2 Å². The zero-order chi connectivity index (χ0) is 14.4. The summed E-state index contributed by atoms with van der Waals surface area (Å²) in [5.74, 6) is 0.266. The number of carbonyl (C=O) groups excluding carboxylic acids is 1. The molecule has 1 fully saturated rings. The van der Waals surface area contributed by atoms with Gasteiger partial charge in [0.1, 0.15) is 0 Å². The van der Waals surface area contributed by atoms with E-state index < -0.39 is 5.54 Å². The standard InChI is InChI=1S/C17H12ClNO2/c18-13-8-6-11(7-9-13)14-10-17(14)16(20)21-15(19-17)12-4-2-1-3-5-12/h1-9,14H,10H2/t14-,17+/m0/s1. The van der Waals surface area contributed by atoms with Crippen LogP contribution in [0, 0.1) is 0 Å². The Morgan fingerprint density at radius 2 is 1.81 bits per heavy atom. The lowest BCUT2D eigenvalue weighted by molar-refractivity contribution is -0.136. The van der Waals surface area contributed by atoms with E-state index in [1.165, 1.54) is 0 Å². The van der Waals surface area contributed by atoms with E-state index in [9.17, 15) is 4.79 Å². The zero-order valence-electron chi connectivity index (χ0n) is 11.1. The number of benzene rings is 2. The topological polar surface area (TPSA) is 38.7 Å². The van der Waals surface area contributed by atoms with E-state index >= 15 is 0 Å². The van der Waals surface area contributed by atoms with Crippen LogP contribution < -0.4 is 0 Å². The Labute approximate surface area is 127 Å². The van der Waals surface area contributed by atoms with Crippen LogP contribution in [0.25, 0.3) is 0 Å². The molecule has 1 heterocycles. The summed E-state index contributed by atoms with van der Waals surface area (Å²) in [7, 11) is 0. The lowest BCUT2D eigenvalue weighted by atomic mass is 10.1. The van der Waals surface area contributed by atoms with Crippen molar-refractivity contribution in [3.05, 3.63) is 70.7 Å². The summed E-state index contributed by atoms with van der Waals surface area (Å²) >= 11 is 5.90. The van der Waals surface area contributed by atoms with Crippen LogP contribution >= 0.6 is 11.6 Å². The third-order valence-corrected chi connectivity index (χ3v) is 4.32. The van der Waals surface area contributed by atoms with E-state index in [0.717, 1.165) is 11.1 Å². The minimum atomic E-state index is -0.723. The van der Waals surface area contributed by atoms with E-state index in [0.29, 0.717) is 17.3 Å². The summed E-state index contributed by atoms with van der Waals surface area (Å²) in [5.41, 5.74) is 1.19. The van der Waals surface area contributed by atoms with Crippen LogP contribution in [-0.4, -0.2) is 17.4 Å². The summed E-state index contributed by atoms with van der Waals surface area (Å²) in [6, 6.07) is 17.1. The molecule has 0 saturated heterocycles. The molecular weight excluding hydrogens is 286 g/mol. The number of halogens is 1. The maximum Gasteiger partial charge on any atom is 0.341 e. The second-order valence-electron chi connectivity index (χ2n) is 5.41. The average molecular weight is 298 g/mol. The Balaban J connectivity index is 1.66. The van der Waals surface area contributed by atoms with E-state index in [1.807, 2.05) is 54.6 Å². The van der Waals surface area contributed by atoms with Crippen molar-refractivity contribution in [2.24, 2.45) is 4.99 Å². The van der Waals surface area contributed by atoms with Crippen LogP contribution in [0.15, 0.2) is 59.6 Å². The zero-order valence-corrected chi connectivity index (χ0v) is 11.9. The molecule has 0 bridgehead atoms. The van der Waals surface area contributed by atoms with Crippen molar-refractivity contribution in [3.8, 4) is 0 Å². The molecule has 2 aromatic rings. The summed E-state index contributed by atoms with van der Waals surface area (Å²) in [5, 5.41) is 0.691. The molecule has 104 valence electrons. The summed E-state index contributed by atoms with van der Waals surface area (Å²) < 4.78 is 5.39. The number of rotatable bonds is 2. The van der Waals surface area contributed by atoms with Crippen LogP contribution in [0.4, 0.5) is 0 Å². The second-order valence-corrected chi connectivity index (χ2v) is 5.84. The first-order valence-corrected chi connectivity index (χ1v) is 7.20. The van der Waals surface area contributed by atoms with Crippen molar-refractivity contribution in [1.82, 2.24) is 0 Å². The molecule has 0 N–H and O–H groups in total. The number of esters is 1. The molecule has 1 saturated carbocycles. The van der Waals surface area contributed by atoms with Gasteiger partial charge in [-0.15, -0.1) is 0 Å². The Morgan fingerprint density at radius 3 is 2.52 bits per heavy atom. The molecule has 0 unspecified atom stereocenters. The van der Waals surface area contributed by atoms with Crippen LogP contribution in [0.3, 0.4) is 0 Å². The van der Waals surface area contributed by atoms with Gasteiger partial charge in [0, 0.05) is 16.5 Å². The van der Waals surface area contributed by atoms with Crippen molar-refractivity contribution in [2.75, 3.05) is 0 Å². The quantitative estimate of drug-likeness (QED) is 0.795. The fourth-order valence-corrected chi connectivity index (χ4v) is 2.95. The van der Waals surface area contributed by atoms with Crippen LogP contribution in [0.2, 0.25) is 5.02 Å². The first-order chi connectivity index (χ1) is 10.2. The van der Waals surface area contributed by atoms with Gasteiger partial charge in [-0.25, -0.2) is 9.79 Å². The highest BCUT2D eigenvalue weighted by Gasteiger charge is 2.65. The molecule has 3 nitrogen and oxygen atoms in total. The molecule has 2 atom stereocenters. The Morgan fingerprint density at radius 1 is 1.10 bits per heavy atom. The van der Waals surface area contributed by atoms with E-state index in [4.69, 9.17) is 16.3 Å². The second kappa shape index (κ2) is 4.43. The third-order valence-electron chi connectivity index (χ3n) is 4.07. The smallest absolute Gasteiger partial charge is 0.341 e. The van der Waals surface area contributed by atoms with Gasteiger partial charge >= 0.3 is 5.97 Å². The Bertz CT molecular complexity index is 739. The highest BCUT2D eigenvalue weighted by molar-refractivity contribution is 6.30. The Kier molecular flexibility index (Phi) is 2.66. The molecule has 1 aliphatic carbocycles. The fourth-order valence-electron chi connectivity index (χ4n) is 2.82. The molecule has 4 rings (SSSR count). The van der Waals surface area contributed by atoms with Gasteiger partial charge in [-0.1, -0.05) is 41.9 Å². The van der Waals surface area contributed by atoms with Crippen molar-refractivity contribution >= 4 is 23.5 Å². The van der Waals surface area contributed by atoms with Crippen molar-refractivity contribution < 1.29 is 9.53 Å². The van der Waals surface area contributed by atoms with Gasteiger partial charge in [0.25, 0.3) is 0 Å². The van der Waals surface area contributed by atoms with Gasteiger partial charge < -0.3 is 4.74 Å². The summed E-state index contributed by atoms with van der Waals surface area (Å²) in [6.45, 7) is 0. The van der Waals surface area contributed by atoms with Crippen LogP contribution in [0.1, 0.15) is 23.5 Å². The average Bonchev–Trinajstić information content (AvgIpc) is 3.14. The number of ether oxygens (including phenoxy) is 1. The summed E-state index contributed by atoms with van der Waals surface area (Å²) in [6.07, 6.45) is 0.698. The lowest BCUT2D eigenvalue weighted by Gasteiger charge is -2.02. The van der Waals surface area contributed by atoms with Gasteiger partial charge in [0.05, 0.1) is 0 Å². The molecule has 4 heteroatoms. The molecule has 1 spiro atoms. The number of carbonyl (C=O) groups is 1. The molecule has 0 radical (unpaired) electrons. The van der Waals surface area contributed by atoms with Gasteiger partial charge in [0.2, 0.25) is 5.90 Å². The molecule has 0 aromatic heterocycles. The van der Waals surface area contributed by atoms with Gasteiger partial charge in [-0.2, -0.15) is 0 Å². The lowest BCUT2D eigenvalue weighted by Crippen LogP contribution is -2.18. The van der Waals surface area contributed by atoms with Crippen molar-refractivity contribution in [2.45, 2.75) is 17.9 Å². The van der Waals surface area contributed by atoms with Crippen molar-refractivity contribution in [1.29, 1.82) is 0 Å². The predicted molar refractivity (Wildman–Crippen MR) is 80.6 cm³/mol. The molecule has 2 aliphatic rings. The monoisotopic (exact) mass is 297 g/mol. The fraction of sp³-hybridized carbons (Fsp3) is 0.176. The van der Waals surface area contributed by atoms with Crippen LogP contribution in [0.5, 0.6) is 0 Å². The molecular formula is C17H12ClNO2.